The number of hydrogen-bond acceptors (Lipinski definition) is 10. The smallest absolute Gasteiger partial charge is 0.338 e. The summed E-state index contributed by atoms with van der Waals surface area (Å²) in [5.74, 6) is -2.29. The van der Waals surface area contributed by atoms with Crippen molar-refractivity contribution in [2.24, 2.45) is 5.11 Å². The maximum absolute atomic E-state index is 14.1. The van der Waals surface area contributed by atoms with Gasteiger partial charge < -0.3 is 28.4 Å². The molecular formula is C49H43N3O9. The van der Waals surface area contributed by atoms with Crippen LogP contribution in [0.5, 0.6) is 0 Å². The fourth-order valence-electron chi connectivity index (χ4n) is 7.20. The first-order chi connectivity index (χ1) is 30.0. The van der Waals surface area contributed by atoms with E-state index < -0.39 is 54.2 Å². The Morgan fingerprint density at radius 3 is 1.33 bits per heavy atom. The highest BCUT2D eigenvalue weighted by atomic mass is 16.7. The molecule has 1 aliphatic heterocycles. The molecular weight excluding hydrogens is 775 g/mol. The van der Waals surface area contributed by atoms with Crippen LogP contribution in [0.1, 0.15) is 54.2 Å². The highest BCUT2D eigenvalue weighted by molar-refractivity contribution is 5.91. The molecule has 1 aliphatic rings. The lowest BCUT2D eigenvalue weighted by Crippen LogP contribution is -2.63. The standard InChI is InChI=1S/C49H43N3O9/c50-52-51-32-19-33-56-48-44(61-47(55)37-24-11-3-12-25-37)43(60-46(54)36-22-9-2-10-23-36)42(59-45(53)35-20-7-1-8-21-35)41(58-48)34-57-49(38-26-13-4-14-27-38,39-28-15-5-16-29-39)40-30-17-6-18-31-40/h1-18,20-31,41-44,48H,19,32-34H2/t41-,42-,43+,44+,48+/m1/s1. The Hall–Kier alpha value is -7.08. The average molecular weight is 818 g/mol. The summed E-state index contributed by atoms with van der Waals surface area (Å²) in [7, 11) is 0. The van der Waals surface area contributed by atoms with Crippen LogP contribution in [-0.4, -0.2) is 68.4 Å². The SMILES string of the molecule is [N-]=[N+]=NCCCO[C@H]1O[C@H](COC(c2ccccc2)(c2ccccc2)c2ccccc2)[C@@H](OC(=O)c2ccccc2)[C@H](OC(=O)c2ccccc2)[C@@H]1OC(=O)c1ccccc1. The Kier molecular flexibility index (Phi) is 14.3. The van der Waals surface area contributed by atoms with Crippen LogP contribution in [0, 0.1) is 0 Å². The van der Waals surface area contributed by atoms with E-state index in [1.165, 1.54) is 0 Å². The molecule has 1 fully saturated rings. The topological polar surface area (TPSA) is 155 Å². The van der Waals surface area contributed by atoms with Crippen LogP contribution < -0.4 is 0 Å². The third kappa shape index (κ3) is 10.2. The van der Waals surface area contributed by atoms with E-state index in [1.54, 1.807) is 91.0 Å². The monoisotopic (exact) mass is 817 g/mol. The van der Waals surface area contributed by atoms with E-state index in [-0.39, 0.29) is 42.9 Å². The van der Waals surface area contributed by atoms with Gasteiger partial charge in [0.15, 0.2) is 24.6 Å². The van der Waals surface area contributed by atoms with Crippen molar-refractivity contribution in [3.8, 4) is 0 Å². The third-order valence-electron chi connectivity index (χ3n) is 10.1. The predicted molar refractivity (Wildman–Crippen MR) is 225 cm³/mol. The maximum atomic E-state index is 14.1. The number of carbonyl (C=O) groups is 3. The van der Waals surface area contributed by atoms with Crippen LogP contribution in [-0.2, 0) is 34.0 Å². The van der Waals surface area contributed by atoms with Crippen LogP contribution in [0.3, 0.4) is 0 Å². The van der Waals surface area contributed by atoms with Crippen molar-refractivity contribution in [3.63, 3.8) is 0 Å². The normalized spacial score (nSPS) is 18.5. The van der Waals surface area contributed by atoms with Gasteiger partial charge in [-0.1, -0.05) is 151 Å². The molecule has 61 heavy (non-hydrogen) atoms. The Balaban J connectivity index is 1.35. The molecule has 0 amide bonds. The molecule has 0 N–H and O–H groups in total. The molecule has 1 heterocycles. The molecule has 0 unspecified atom stereocenters. The summed E-state index contributed by atoms with van der Waals surface area (Å²) in [4.78, 5) is 44.9. The van der Waals surface area contributed by atoms with Crippen LogP contribution in [0.2, 0.25) is 0 Å². The van der Waals surface area contributed by atoms with Crippen LogP contribution in [0.15, 0.2) is 187 Å². The number of carbonyl (C=O) groups excluding carboxylic acids is 3. The number of ether oxygens (including phenoxy) is 6. The third-order valence-corrected chi connectivity index (χ3v) is 10.1. The maximum Gasteiger partial charge on any atom is 0.338 e. The van der Waals surface area contributed by atoms with E-state index in [1.807, 2.05) is 91.0 Å². The van der Waals surface area contributed by atoms with E-state index in [2.05, 4.69) is 10.0 Å². The molecule has 0 saturated carbocycles. The molecule has 0 radical (unpaired) electrons. The fraction of sp³-hybridized carbons (Fsp3) is 0.204. The van der Waals surface area contributed by atoms with Gasteiger partial charge in [0.25, 0.3) is 0 Å². The number of benzene rings is 6. The van der Waals surface area contributed by atoms with Gasteiger partial charge in [0.1, 0.15) is 11.7 Å². The second-order valence-electron chi connectivity index (χ2n) is 14.0. The first-order valence-electron chi connectivity index (χ1n) is 19.8. The zero-order valence-electron chi connectivity index (χ0n) is 33.1. The summed E-state index contributed by atoms with van der Waals surface area (Å²) >= 11 is 0. The van der Waals surface area contributed by atoms with Gasteiger partial charge in [-0.05, 0) is 65.0 Å². The minimum atomic E-state index is -1.50. The molecule has 0 aliphatic carbocycles. The van der Waals surface area contributed by atoms with E-state index in [9.17, 15) is 14.4 Å². The van der Waals surface area contributed by atoms with Crippen molar-refractivity contribution >= 4 is 17.9 Å². The fourth-order valence-corrected chi connectivity index (χ4v) is 7.20. The summed E-state index contributed by atoms with van der Waals surface area (Å²) in [6, 6.07) is 54.0. The summed E-state index contributed by atoms with van der Waals surface area (Å²) in [5.41, 5.74) is 10.7. The highest BCUT2D eigenvalue weighted by Gasteiger charge is 2.54. The van der Waals surface area contributed by atoms with Crippen LogP contribution in [0.25, 0.3) is 10.4 Å². The van der Waals surface area contributed by atoms with Crippen molar-refractivity contribution in [3.05, 3.63) is 226 Å². The summed E-state index contributed by atoms with van der Waals surface area (Å²) in [6.45, 7) is -0.156. The highest BCUT2D eigenvalue weighted by Crippen LogP contribution is 2.42. The second kappa shape index (κ2) is 20.7. The van der Waals surface area contributed by atoms with Crippen molar-refractivity contribution in [2.75, 3.05) is 19.8 Å². The van der Waals surface area contributed by atoms with Gasteiger partial charge in [-0.25, -0.2) is 14.4 Å². The molecule has 0 aromatic heterocycles. The molecule has 6 aromatic rings. The van der Waals surface area contributed by atoms with E-state index >= 15 is 0 Å². The Morgan fingerprint density at radius 1 is 0.541 bits per heavy atom. The van der Waals surface area contributed by atoms with E-state index in [0.717, 1.165) is 16.7 Å². The molecule has 5 atom stereocenters. The first kappa shape index (κ1) is 42.1. The lowest BCUT2D eigenvalue weighted by Gasteiger charge is -2.45. The molecule has 7 rings (SSSR count). The molecule has 308 valence electrons. The summed E-state index contributed by atoms with van der Waals surface area (Å²) in [5, 5.41) is 3.61. The van der Waals surface area contributed by atoms with Gasteiger partial charge in [0, 0.05) is 11.5 Å². The Bertz CT molecular complexity index is 2270. The molecule has 0 spiro atoms. The van der Waals surface area contributed by atoms with Gasteiger partial charge in [0.2, 0.25) is 0 Å². The zero-order valence-corrected chi connectivity index (χ0v) is 33.1. The van der Waals surface area contributed by atoms with Gasteiger partial charge >= 0.3 is 17.9 Å². The minimum Gasteiger partial charge on any atom is -0.452 e. The largest absolute Gasteiger partial charge is 0.452 e. The van der Waals surface area contributed by atoms with Crippen molar-refractivity contribution < 1.29 is 42.8 Å². The predicted octanol–water partition coefficient (Wildman–Crippen LogP) is 9.11. The van der Waals surface area contributed by atoms with Crippen molar-refractivity contribution in [2.45, 2.75) is 42.7 Å². The van der Waals surface area contributed by atoms with Gasteiger partial charge in [-0.3, -0.25) is 0 Å². The van der Waals surface area contributed by atoms with Crippen molar-refractivity contribution in [1.29, 1.82) is 0 Å². The average Bonchev–Trinajstić information content (AvgIpc) is 3.32. The molecule has 1 saturated heterocycles. The molecule has 0 bridgehead atoms. The van der Waals surface area contributed by atoms with Crippen molar-refractivity contribution in [1.82, 2.24) is 0 Å². The summed E-state index contributed by atoms with van der Waals surface area (Å²) < 4.78 is 39.0. The Morgan fingerprint density at radius 2 is 0.918 bits per heavy atom. The van der Waals surface area contributed by atoms with Gasteiger partial charge in [-0.2, -0.15) is 0 Å². The number of hydrogen-bond donors (Lipinski definition) is 0. The van der Waals surface area contributed by atoms with Gasteiger partial charge in [0.05, 0.1) is 29.9 Å². The number of esters is 3. The Labute approximate surface area is 353 Å². The lowest BCUT2D eigenvalue weighted by atomic mass is 9.80. The van der Waals surface area contributed by atoms with E-state index in [4.69, 9.17) is 34.0 Å². The number of rotatable bonds is 17. The van der Waals surface area contributed by atoms with Crippen LogP contribution in [0.4, 0.5) is 0 Å². The first-order valence-corrected chi connectivity index (χ1v) is 19.8. The number of nitrogens with zero attached hydrogens (tertiary/aromatic N) is 3. The van der Waals surface area contributed by atoms with Crippen LogP contribution >= 0.6 is 0 Å². The quantitative estimate of drug-likeness (QED) is 0.0167. The molecule has 6 aromatic carbocycles. The number of azide groups is 1. The molecule has 12 heteroatoms. The lowest BCUT2D eigenvalue weighted by molar-refractivity contribution is -0.303. The summed E-state index contributed by atoms with van der Waals surface area (Å²) in [6.07, 6.45) is -6.73. The van der Waals surface area contributed by atoms with Gasteiger partial charge in [-0.15, -0.1) is 0 Å². The molecule has 12 nitrogen and oxygen atoms in total. The van der Waals surface area contributed by atoms with E-state index in [0.29, 0.717) is 0 Å². The minimum absolute atomic E-state index is 0.00748. The second-order valence-corrected chi connectivity index (χ2v) is 14.0. The zero-order chi connectivity index (χ0) is 42.3.